The van der Waals surface area contributed by atoms with E-state index < -0.39 is 0 Å². The van der Waals surface area contributed by atoms with E-state index in [-0.39, 0.29) is 0 Å². The molecule has 1 aliphatic heterocycles. The molecule has 0 aliphatic carbocycles. The third-order valence-corrected chi connectivity index (χ3v) is 3.80. The van der Waals surface area contributed by atoms with Crippen molar-refractivity contribution in [2.75, 3.05) is 18.0 Å². The third-order valence-electron chi connectivity index (χ3n) is 3.05. The van der Waals surface area contributed by atoms with E-state index in [1.54, 1.807) is 0 Å². The van der Waals surface area contributed by atoms with Gasteiger partial charge in [-0.3, -0.25) is 0 Å². The molecule has 3 heteroatoms. The zero-order valence-electron chi connectivity index (χ0n) is 9.29. The summed E-state index contributed by atoms with van der Waals surface area (Å²) in [5, 5.41) is 0. The number of carbonyl (C=O) groups is 1. The monoisotopic (exact) mass is 281 g/mol. The van der Waals surface area contributed by atoms with Gasteiger partial charge in [-0.1, -0.05) is 22.0 Å². The summed E-state index contributed by atoms with van der Waals surface area (Å²) in [5.74, 6) is 0. The van der Waals surface area contributed by atoms with E-state index in [0.29, 0.717) is 6.42 Å². The standard InChI is InChI=1S/C13H16BrNO/c14-12-6-3-7-13(11(12)5-4-10-16)15-8-1-2-9-15/h3,6-7,10H,1-2,4-5,8-9H2. The van der Waals surface area contributed by atoms with Crippen LogP contribution >= 0.6 is 15.9 Å². The largest absolute Gasteiger partial charge is 0.371 e. The molecule has 1 heterocycles. The number of halogens is 1. The fourth-order valence-corrected chi connectivity index (χ4v) is 2.81. The van der Waals surface area contributed by atoms with Gasteiger partial charge in [-0.25, -0.2) is 0 Å². The highest BCUT2D eigenvalue weighted by atomic mass is 79.9. The van der Waals surface area contributed by atoms with E-state index in [0.717, 1.165) is 30.3 Å². The summed E-state index contributed by atoms with van der Waals surface area (Å²) in [7, 11) is 0. The molecule has 0 atom stereocenters. The average Bonchev–Trinajstić information content (AvgIpc) is 2.80. The third kappa shape index (κ3) is 2.46. The maximum atomic E-state index is 10.5. The molecular formula is C13H16BrNO. The van der Waals surface area contributed by atoms with Crippen LogP contribution in [0.1, 0.15) is 24.8 Å². The van der Waals surface area contributed by atoms with Crippen molar-refractivity contribution in [2.24, 2.45) is 0 Å². The molecule has 86 valence electrons. The second-order valence-electron chi connectivity index (χ2n) is 4.14. The molecule has 2 nitrogen and oxygen atoms in total. The summed E-state index contributed by atoms with van der Waals surface area (Å²) in [5.41, 5.74) is 2.57. The van der Waals surface area contributed by atoms with Gasteiger partial charge in [-0.2, -0.15) is 0 Å². The Kier molecular flexibility index (Phi) is 3.99. The van der Waals surface area contributed by atoms with Crippen LogP contribution in [-0.2, 0) is 11.2 Å². The molecule has 0 aromatic heterocycles. The maximum absolute atomic E-state index is 10.5. The van der Waals surface area contributed by atoms with Crippen molar-refractivity contribution in [1.29, 1.82) is 0 Å². The number of hydrogen-bond acceptors (Lipinski definition) is 2. The summed E-state index contributed by atoms with van der Waals surface area (Å²) in [6.45, 7) is 2.29. The summed E-state index contributed by atoms with van der Waals surface area (Å²) < 4.78 is 1.12. The van der Waals surface area contributed by atoms with Gasteiger partial charge < -0.3 is 9.69 Å². The molecular weight excluding hydrogens is 266 g/mol. The lowest BCUT2D eigenvalue weighted by atomic mass is 10.1. The van der Waals surface area contributed by atoms with Crippen LogP contribution in [0.2, 0.25) is 0 Å². The van der Waals surface area contributed by atoms with Crippen LogP contribution in [0, 0.1) is 0 Å². The first kappa shape index (κ1) is 11.6. The maximum Gasteiger partial charge on any atom is 0.120 e. The fraction of sp³-hybridized carbons (Fsp3) is 0.462. The SMILES string of the molecule is O=CCCc1c(Br)cccc1N1CCCC1. The van der Waals surface area contributed by atoms with Crippen LogP contribution in [-0.4, -0.2) is 19.4 Å². The van der Waals surface area contributed by atoms with Crippen molar-refractivity contribution in [3.63, 3.8) is 0 Å². The van der Waals surface area contributed by atoms with Gasteiger partial charge in [0.25, 0.3) is 0 Å². The lowest BCUT2D eigenvalue weighted by Crippen LogP contribution is -2.19. The molecule has 0 saturated carbocycles. The van der Waals surface area contributed by atoms with Gasteiger partial charge >= 0.3 is 0 Å². The Balaban J connectivity index is 2.27. The van der Waals surface area contributed by atoms with E-state index in [1.807, 2.05) is 0 Å². The highest BCUT2D eigenvalue weighted by Crippen LogP contribution is 2.30. The predicted octanol–water partition coefficient (Wildman–Crippen LogP) is 3.18. The zero-order chi connectivity index (χ0) is 11.4. The molecule has 0 amide bonds. The summed E-state index contributed by atoms with van der Waals surface area (Å²) in [4.78, 5) is 12.9. The number of benzene rings is 1. The molecule has 0 radical (unpaired) electrons. The van der Waals surface area contributed by atoms with Crippen LogP contribution < -0.4 is 4.90 Å². The minimum Gasteiger partial charge on any atom is -0.371 e. The topological polar surface area (TPSA) is 20.3 Å². The average molecular weight is 282 g/mol. The van der Waals surface area contributed by atoms with E-state index in [1.165, 1.54) is 24.1 Å². The molecule has 1 fully saturated rings. The summed E-state index contributed by atoms with van der Waals surface area (Å²) >= 11 is 3.58. The Labute approximate surface area is 105 Å². The minimum atomic E-state index is 0.601. The van der Waals surface area contributed by atoms with E-state index in [4.69, 9.17) is 0 Å². The van der Waals surface area contributed by atoms with Gasteiger partial charge in [0, 0.05) is 29.7 Å². The number of hydrogen-bond donors (Lipinski definition) is 0. The quantitative estimate of drug-likeness (QED) is 0.790. The highest BCUT2D eigenvalue weighted by molar-refractivity contribution is 9.10. The van der Waals surface area contributed by atoms with E-state index in [2.05, 4.69) is 39.0 Å². The van der Waals surface area contributed by atoms with Crippen LogP contribution in [0.4, 0.5) is 5.69 Å². The predicted molar refractivity (Wildman–Crippen MR) is 70.0 cm³/mol. The lowest BCUT2D eigenvalue weighted by molar-refractivity contribution is -0.107. The van der Waals surface area contributed by atoms with Crippen LogP contribution in [0.25, 0.3) is 0 Å². The van der Waals surface area contributed by atoms with Crippen molar-refractivity contribution in [3.05, 3.63) is 28.2 Å². The molecule has 0 unspecified atom stereocenters. The van der Waals surface area contributed by atoms with Crippen LogP contribution in [0.15, 0.2) is 22.7 Å². The molecule has 0 N–H and O–H groups in total. The number of nitrogens with zero attached hydrogens (tertiary/aromatic N) is 1. The Hall–Kier alpha value is -0.830. The molecule has 0 bridgehead atoms. The van der Waals surface area contributed by atoms with Crippen LogP contribution in [0.3, 0.4) is 0 Å². The van der Waals surface area contributed by atoms with Gasteiger partial charge in [0.05, 0.1) is 0 Å². The highest BCUT2D eigenvalue weighted by Gasteiger charge is 2.16. The van der Waals surface area contributed by atoms with Crippen LogP contribution in [0.5, 0.6) is 0 Å². The van der Waals surface area contributed by atoms with Crippen molar-refractivity contribution >= 4 is 27.9 Å². The van der Waals surface area contributed by atoms with Crippen molar-refractivity contribution < 1.29 is 4.79 Å². The first-order chi connectivity index (χ1) is 7.83. The van der Waals surface area contributed by atoms with Gasteiger partial charge in [-0.05, 0) is 37.0 Å². The molecule has 1 saturated heterocycles. The van der Waals surface area contributed by atoms with E-state index in [9.17, 15) is 4.79 Å². The molecule has 1 aromatic carbocycles. The normalized spacial score (nSPS) is 15.4. The molecule has 1 aliphatic rings. The summed E-state index contributed by atoms with van der Waals surface area (Å²) in [6, 6.07) is 6.29. The Bertz CT molecular complexity index is 372. The summed E-state index contributed by atoms with van der Waals surface area (Å²) in [6.07, 6.45) is 4.98. The van der Waals surface area contributed by atoms with E-state index >= 15 is 0 Å². The minimum absolute atomic E-state index is 0.601. The first-order valence-corrected chi connectivity index (χ1v) is 6.58. The number of carbonyl (C=O) groups excluding carboxylic acids is 1. The Morgan fingerprint density at radius 1 is 1.31 bits per heavy atom. The molecule has 16 heavy (non-hydrogen) atoms. The van der Waals surface area contributed by atoms with Crippen molar-refractivity contribution in [2.45, 2.75) is 25.7 Å². The first-order valence-electron chi connectivity index (χ1n) is 5.79. The Morgan fingerprint density at radius 3 is 2.75 bits per heavy atom. The molecule has 1 aromatic rings. The fourth-order valence-electron chi connectivity index (χ4n) is 2.25. The number of anilines is 1. The molecule has 0 spiro atoms. The van der Waals surface area contributed by atoms with Gasteiger partial charge in [-0.15, -0.1) is 0 Å². The second-order valence-corrected chi connectivity index (χ2v) is 4.99. The number of rotatable bonds is 4. The van der Waals surface area contributed by atoms with Gasteiger partial charge in [0.1, 0.15) is 6.29 Å². The smallest absolute Gasteiger partial charge is 0.120 e. The number of aldehydes is 1. The molecule has 2 rings (SSSR count). The Morgan fingerprint density at radius 2 is 2.06 bits per heavy atom. The zero-order valence-corrected chi connectivity index (χ0v) is 10.9. The van der Waals surface area contributed by atoms with Gasteiger partial charge in [0.15, 0.2) is 0 Å². The lowest BCUT2D eigenvalue weighted by Gasteiger charge is -2.22. The second kappa shape index (κ2) is 5.48. The van der Waals surface area contributed by atoms with Crippen molar-refractivity contribution in [1.82, 2.24) is 0 Å². The van der Waals surface area contributed by atoms with Crippen molar-refractivity contribution in [3.8, 4) is 0 Å². The van der Waals surface area contributed by atoms with Gasteiger partial charge in [0.2, 0.25) is 0 Å².